The van der Waals surface area contributed by atoms with Crippen LogP contribution in [0.2, 0.25) is 0 Å². The van der Waals surface area contributed by atoms with E-state index in [1.807, 2.05) is 0 Å². The van der Waals surface area contributed by atoms with Gasteiger partial charge in [-0.3, -0.25) is 0 Å². The van der Waals surface area contributed by atoms with Crippen LogP contribution in [0.1, 0.15) is 0 Å². The quantitative estimate of drug-likeness (QED) is 0.118. The van der Waals surface area contributed by atoms with Gasteiger partial charge in [-0.15, -0.1) is 0 Å². The molecular weight excluding hydrogens is 729 g/mol. The van der Waals surface area contributed by atoms with Crippen LogP contribution in [-0.2, 0) is 0 Å². The number of hydrogen-bond donors (Lipinski definition) is 0. The smallest absolute Gasteiger partial charge is 0.179 e. The molecule has 10 aromatic carbocycles. The lowest BCUT2D eigenvalue weighted by Crippen LogP contribution is -2.74. The minimum Gasteiger partial charge on any atom is -0.309 e. The molecule has 3 heteroatoms. The van der Waals surface area contributed by atoms with Gasteiger partial charge in [-0.1, -0.05) is 182 Å². The number of aromatic nitrogens is 2. The average molecular weight is 767 g/mol. The van der Waals surface area contributed by atoms with E-state index in [1.165, 1.54) is 85.9 Å². The number of benzene rings is 10. The van der Waals surface area contributed by atoms with Gasteiger partial charge in [0.2, 0.25) is 0 Å². The van der Waals surface area contributed by atoms with E-state index in [2.05, 4.69) is 240 Å². The van der Waals surface area contributed by atoms with E-state index >= 15 is 0 Å². The van der Waals surface area contributed by atoms with Crippen LogP contribution in [0.3, 0.4) is 0 Å². The van der Waals surface area contributed by atoms with E-state index in [1.54, 1.807) is 0 Å². The number of rotatable bonds is 6. The molecule has 0 bridgehead atoms. The molecule has 12 rings (SSSR count). The first-order valence-electron chi connectivity index (χ1n) is 20.4. The van der Waals surface area contributed by atoms with Crippen LogP contribution in [-0.4, -0.2) is 17.2 Å². The largest absolute Gasteiger partial charge is 0.309 e. The second-order valence-electron chi connectivity index (χ2n) is 15.7. The van der Waals surface area contributed by atoms with Crippen LogP contribution >= 0.6 is 0 Å². The van der Waals surface area contributed by atoms with Gasteiger partial charge in [0.1, 0.15) is 0 Å². The first kappa shape index (κ1) is 33.7. The third-order valence-corrected chi connectivity index (χ3v) is 17.4. The highest BCUT2D eigenvalue weighted by Gasteiger charge is 2.42. The minimum absolute atomic E-state index is 1.16. The molecule has 2 heterocycles. The van der Waals surface area contributed by atoms with Crippen LogP contribution in [0.15, 0.2) is 231 Å². The van der Waals surface area contributed by atoms with Gasteiger partial charge in [0, 0.05) is 32.9 Å². The summed E-state index contributed by atoms with van der Waals surface area (Å²) in [7, 11) is -2.98. The summed E-state index contributed by atoms with van der Waals surface area (Å²) in [6, 6.07) is 86.1. The normalized spacial score (nSPS) is 12.1. The Morgan fingerprint density at radius 1 is 0.237 bits per heavy atom. The molecule has 2 aromatic heterocycles. The molecule has 0 fully saturated rings. The molecule has 0 radical (unpaired) electrons. The van der Waals surface area contributed by atoms with Crippen molar-refractivity contribution in [2.75, 3.05) is 0 Å². The number of para-hydroxylation sites is 4. The predicted octanol–water partition coefficient (Wildman–Crippen LogP) is 11.6. The highest BCUT2D eigenvalue weighted by molar-refractivity contribution is 7.20. The van der Waals surface area contributed by atoms with Crippen LogP contribution in [0, 0.1) is 0 Å². The van der Waals surface area contributed by atoms with Crippen molar-refractivity contribution in [3.05, 3.63) is 231 Å². The molecule has 0 aliphatic carbocycles. The maximum Gasteiger partial charge on any atom is 0.179 e. The molecule has 0 aliphatic rings. The lowest BCUT2D eigenvalue weighted by molar-refractivity contribution is 1.18. The van der Waals surface area contributed by atoms with Gasteiger partial charge in [-0.05, 0) is 90.8 Å². The summed E-state index contributed by atoms with van der Waals surface area (Å²) in [6.45, 7) is 0. The third kappa shape index (κ3) is 5.12. The van der Waals surface area contributed by atoms with Gasteiger partial charge in [0.15, 0.2) is 8.07 Å². The van der Waals surface area contributed by atoms with Gasteiger partial charge < -0.3 is 9.13 Å². The van der Waals surface area contributed by atoms with Crippen molar-refractivity contribution < 1.29 is 0 Å². The van der Waals surface area contributed by atoms with Gasteiger partial charge in [0.25, 0.3) is 0 Å². The Hall–Kier alpha value is -7.46. The zero-order valence-corrected chi connectivity index (χ0v) is 33.3. The minimum atomic E-state index is -2.98. The zero-order valence-electron chi connectivity index (χ0n) is 32.3. The van der Waals surface area contributed by atoms with Crippen LogP contribution in [0.5, 0.6) is 0 Å². The second-order valence-corrected chi connectivity index (χ2v) is 19.5. The van der Waals surface area contributed by atoms with Gasteiger partial charge in [-0.25, -0.2) is 0 Å². The summed E-state index contributed by atoms with van der Waals surface area (Å²) in [5, 5.41) is 15.5. The summed E-state index contributed by atoms with van der Waals surface area (Å²) in [6.07, 6.45) is 0. The molecule has 0 saturated heterocycles. The molecule has 0 aliphatic heterocycles. The van der Waals surface area contributed by atoms with E-state index in [-0.39, 0.29) is 0 Å². The predicted molar refractivity (Wildman–Crippen MR) is 254 cm³/mol. The molecular formula is C56H38N2Si. The first-order valence-corrected chi connectivity index (χ1v) is 22.4. The first-order chi connectivity index (χ1) is 29.3. The maximum atomic E-state index is 2.47. The van der Waals surface area contributed by atoms with Crippen LogP contribution in [0.25, 0.3) is 76.5 Å². The molecule has 0 N–H and O–H groups in total. The molecule has 0 saturated carbocycles. The Kier molecular flexibility index (Phi) is 7.59. The van der Waals surface area contributed by atoms with Crippen molar-refractivity contribution in [2.45, 2.75) is 0 Å². The Morgan fingerprint density at radius 2 is 0.525 bits per heavy atom. The molecule has 0 amide bonds. The number of fused-ring (bicyclic) bond motifs is 8. The highest BCUT2D eigenvalue weighted by atomic mass is 28.3. The van der Waals surface area contributed by atoms with Crippen LogP contribution in [0.4, 0.5) is 0 Å². The fourth-order valence-electron chi connectivity index (χ4n) is 9.97. The van der Waals surface area contributed by atoms with Crippen LogP contribution < -0.4 is 20.7 Å². The van der Waals surface area contributed by atoms with Crippen molar-refractivity contribution in [3.8, 4) is 11.4 Å². The molecule has 2 nitrogen and oxygen atoms in total. The number of hydrogen-bond acceptors (Lipinski definition) is 0. The van der Waals surface area contributed by atoms with E-state index in [4.69, 9.17) is 0 Å². The Bertz CT molecular complexity index is 3210. The van der Waals surface area contributed by atoms with Gasteiger partial charge in [0.05, 0.1) is 22.1 Å². The van der Waals surface area contributed by atoms with Crippen molar-refractivity contribution in [2.24, 2.45) is 0 Å². The van der Waals surface area contributed by atoms with Crippen molar-refractivity contribution in [3.63, 3.8) is 0 Å². The summed E-state index contributed by atoms with van der Waals surface area (Å²) in [5.74, 6) is 0. The monoisotopic (exact) mass is 766 g/mol. The molecule has 0 spiro atoms. The second kappa shape index (κ2) is 13.3. The zero-order chi connectivity index (χ0) is 38.9. The van der Waals surface area contributed by atoms with Gasteiger partial charge >= 0.3 is 0 Å². The lowest BCUT2D eigenvalue weighted by atomic mass is 10.1. The summed E-state index contributed by atoms with van der Waals surface area (Å²) < 4.78 is 4.84. The standard InChI is InChI=1S/C56H38N2Si/c1-3-15-41-37-47(31-25-39(41)13-1)59(48-32-26-40-14-2-4-16-42(40)38-48,45-33-27-43(28-34-45)57-53-21-9-5-17-49(53)50-18-6-10-22-54(50)57)46-35-29-44(30-36-46)58-55-23-11-7-19-51(55)52-20-8-12-24-56(52)58/h1-38H. The van der Waals surface area contributed by atoms with E-state index in [9.17, 15) is 0 Å². The maximum absolute atomic E-state index is 2.98. The molecule has 59 heavy (non-hydrogen) atoms. The molecule has 276 valence electrons. The van der Waals surface area contributed by atoms with E-state index in [0.717, 1.165) is 11.4 Å². The fraction of sp³-hybridized carbons (Fsp3) is 0. The summed E-state index contributed by atoms with van der Waals surface area (Å²) in [5.41, 5.74) is 7.19. The molecule has 12 aromatic rings. The van der Waals surface area contributed by atoms with E-state index < -0.39 is 8.07 Å². The van der Waals surface area contributed by atoms with Crippen molar-refractivity contribution in [1.82, 2.24) is 9.13 Å². The topological polar surface area (TPSA) is 9.86 Å². The Morgan fingerprint density at radius 3 is 0.881 bits per heavy atom. The SMILES string of the molecule is c1ccc2cc([Si](c3ccc(-n4c5ccccc5c5ccccc54)cc3)(c3ccc(-n4c5ccccc5c5ccccc54)cc3)c3ccc4ccccc4c3)ccc2c1. The molecule has 0 unspecified atom stereocenters. The van der Waals surface area contributed by atoms with Crippen molar-refractivity contribution in [1.29, 1.82) is 0 Å². The van der Waals surface area contributed by atoms with Gasteiger partial charge in [-0.2, -0.15) is 0 Å². The summed E-state index contributed by atoms with van der Waals surface area (Å²) >= 11 is 0. The number of nitrogens with zero attached hydrogens (tertiary/aromatic N) is 2. The Balaban J connectivity index is 1.13. The van der Waals surface area contributed by atoms with Crippen molar-refractivity contribution >= 4 is 94.0 Å². The summed E-state index contributed by atoms with van der Waals surface area (Å²) in [4.78, 5) is 0. The van der Waals surface area contributed by atoms with E-state index in [0.29, 0.717) is 0 Å². The molecule has 0 atom stereocenters. The average Bonchev–Trinajstić information content (AvgIpc) is 3.83. The lowest BCUT2D eigenvalue weighted by Gasteiger charge is -2.35. The third-order valence-electron chi connectivity index (χ3n) is 12.6. The highest BCUT2D eigenvalue weighted by Crippen LogP contribution is 2.33. The fourth-order valence-corrected chi connectivity index (χ4v) is 14.7. The Labute approximate surface area is 343 Å².